The maximum absolute atomic E-state index is 11.2. The lowest BCUT2D eigenvalue weighted by molar-refractivity contribution is -0.189. The fourth-order valence-electron chi connectivity index (χ4n) is 2.57. The molecule has 0 radical (unpaired) electrons. The Labute approximate surface area is 155 Å². The van der Waals surface area contributed by atoms with Crippen LogP contribution in [0.4, 0.5) is 0 Å². The third-order valence-corrected chi connectivity index (χ3v) is 4.73. The Balaban J connectivity index is 1.88. The molecular weight excluding hydrogens is 391 g/mol. The molecule has 0 bridgehead atoms. The summed E-state index contributed by atoms with van der Waals surface area (Å²) < 4.78 is 41.0. The Kier molecular flexibility index (Phi) is 5.38. The maximum atomic E-state index is 11.2. The van der Waals surface area contributed by atoms with Gasteiger partial charge in [-0.3, -0.25) is 4.18 Å². The van der Waals surface area contributed by atoms with Crippen LogP contribution in [-0.4, -0.2) is 43.5 Å². The number of imidazole rings is 1. The average Bonchev–Trinajstić information content (AvgIpc) is 3.15. The van der Waals surface area contributed by atoms with Crippen LogP contribution in [0.5, 0.6) is 0 Å². The van der Waals surface area contributed by atoms with Gasteiger partial charge in [-0.1, -0.05) is 29.3 Å². The molecular formula is C15H16Cl2N2O5S. The van der Waals surface area contributed by atoms with Gasteiger partial charge in [0, 0.05) is 23.0 Å². The van der Waals surface area contributed by atoms with Crippen LogP contribution in [0.2, 0.25) is 10.0 Å². The van der Waals surface area contributed by atoms with Crippen molar-refractivity contribution in [3.63, 3.8) is 0 Å². The van der Waals surface area contributed by atoms with Crippen molar-refractivity contribution in [2.24, 2.45) is 0 Å². The van der Waals surface area contributed by atoms with Crippen molar-refractivity contribution in [2.75, 3.05) is 19.5 Å². The lowest BCUT2D eigenvalue weighted by Crippen LogP contribution is -2.34. The SMILES string of the molecule is CS(=O)(=O)OC[C@@H]1CO[C@](Cn2ccnc2)(c2ccc(Cl)cc2Cl)O1. The fourth-order valence-corrected chi connectivity index (χ4v) is 3.53. The normalized spacial score (nSPS) is 23.9. The minimum absolute atomic E-state index is 0.143. The first-order valence-electron chi connectivity index (χ1n) is 7.35. The van der Waals surface area contributed by atoms with Crippen molar-refractivity contribution in [3.8, 4) is 0 Å². The number of benzene rings is 1. The van der Waals surface area contributed by atoms with E-state index in [-0.39, 0.29) is 19.8 Å². The summed E-state index contributed by atoms with van der Waals surface area (Å²) >= 11 is 12.3. The molecule has 2 atom stereocenters. The third-order valence-electron chi connectivity index (χ3n) is 3.62. The van der Waals surface area contributed by atoms with E-state index in [1.807, 2.05) is 0 Å². The van der Waals surface area contributed by atoms with E-state index in [0.29, 0.717) is 15.6 Å². The number of rotatable bonds is 6. The highest BCUT2D eigenvalue weighted by atomic mass is 35.5. The highest BCUT2D eigenvalue weighted by Gasteiger charge is 2.45. The first-order chi connectivity index (χ1) is 11.8. The fraction of sp³-hybridized carbons (Fsp3) is 0.400. The summed E-state index contributed by atoms with van der Waals surface area (Å²) in [5.41, 5.74) is 0.592. The largest absolute Gasteiger partial charge is 0.342 e. The molecule has 10 heteroatoms. The van der Waals surface area contributed by atoms with Crippen molar-refractivity contribution in [1.29, 1.82) is 0 Å². The lowest BCUT2D eigenvalue weighted by atomic mass is 10.1. The first-order valence-corrected chi connectivity index (χ1v) is 9.92. The molecule has 0 spiro atoms. The smallest absolute Gasteiger partial charge is 0.264 e. The Morgan fingerprint density at radius 1 is 1.44 bits per heavy atom. The van der Waals surface area contributed by atoms with Crippen molar-refractivity contribution in [3.05, 3.63) is 52.5 Å². The highest BCUT2D eigenvalue weighted by Crippen LogP contribution is 2.40. The van der Waals surface area contributed by atoms with Crippen LogP contribution >= 0.6 is 23.2 Å². The number of hydrogen-bond acceptors (Lipinski definition) is 6. The highest BCUT2D eigenvalue weighted by molar-refractivity contribution is 7.85. The summed E-state index contributed by atoms with van der Waals surface area (Å²) in [7, 11) is -3.57. The summed E-state index contributed by atoms with van der Waals surface area (Å²) in [6.45, 7) is 0.294. The monoisotopic (exact) mass is 406 g/mol. The zero-order chi connectivity index (χ0) is 18.1. The van der Waals surface area contributed by atoms with E-state index in [9.17, 15) is 8.42 Å². The Morgan fingerprint density at radius 3 is 2.88 bits per heavy atom. The molecule has 25 heavy (non-hydrogen) atoms. The molecule has 1 aliphatic rings. The molecule has 0 unspecified atom stereocenters. The molecule has 1 fully saturated rings. The van der Waals surface area contributed by atoms with Crippen LogP contribution in [-0.2, 0) is 36.1 Å². The molecule has 7 nitrogen and oxygen atoms in total. The van der Waals surface area contributed by atoms with E-state index in [1.165, 1.54) is 0 Å². The van der Waals surface area contributed by atoms with Gasteiger partial charge in [-0.25, -0.2) is 4.98 Å². The molecule has 136 valence electrons. The van der Waals surface area contributed by atoms with Crippen LogP contribution in [0, 0.1) is 0 Å². The second-order valence-electron chi connectivity index (χ2n) is 5.65. The summed E-state index contributed by atoms with van der Waals surface area (Å²) in [5, 5.41) is 0.874. The number of nitrogens with zero attached hydrogens (tertiary/aromatic N) is 2. The van der Waals surface area contributed by atoms with Gasteiger partial charge in [0.25, 0.3) is 10.1 Å². The zero-order valence-corrected chi connectivity index (χ0v) is 15.6. The quantitative estimate of drug-likeness (QED) is 0.685. The van der Waals surface area contributed by atoms with E-state index in [4.69, 9.17) is 36.9 Å². The zero-order valence-electron chi connectivity index (χ0n) is 13.3. The second kappa shape index (κ2) is 7.22. The standard InChI is InChI=1S/C15H16Cl2N2O5S/c1-25(20,21)23-8-12-7-22-15(24-12,9-19-5-4-18-10-19)13-3-2-11(16)6-14(13)17/h2-6,10,12H,7-9H2,1H3/t12-,15-/m0/s1. The molecule has 0 N–H and O–H groups in total. The number of ether oxygens (including phenoxy) is 2. The average molecular weight is 407 g/mol. The van der Waals surface area contributed by atoms with Crippen LogP contribution in [0.25, 0.3) is 0 Å². The van der Waals surface area contributed by atoms with Gasteiger partial charge < -0.3 is 14.0 Å². The van der Waals surface area contributed by atoms with E-state index in [2.05, 4.69) is 4.98 Å². The van der Waals surface area contributed by atoms with E-state index < -0.39 is 22.0 Å². The summed E-state index contributed by atoms with van der Waals surface area (Å²) in [4.78, 5) is 4.01. The van der Waals surface area contributed by atoms with Crippen molar-refractivity contribution in [1.82, 2.24) is 9.55 Å². The molecule has 1 aliphatic heterocycles. The second-order valence-corrected chi connectivity index (χ2v) is 8.14. The predicted octanol–water partition coefficient (Wildman–Crippen LogP) is 2.43. The van der Waals surface area contributed by atoms with Crippen molar-refractivity contribution < 1.29 is 22.1 Å². The third kappa shape index (κ3) is 4.52. The molecule has 2 heterocycles. The van der Waals surface area contributed by atoms with E-state index >= 15 is 0 Å². The summed E-state index contributed by atoms with van der Waals surface area (Å²) in [5.74, 6) is -1.20. The van der Waals surface area contributed by atoms with Crippen LogP contribution in [0.1, 0.15) is 5.56 Å². The van der Waals surface area contributed by atoms with E-state index in [1.54, 1.807) is 41.5 Å². The van der Waals surface area contributed by atoms with Gasteiger partial charge in [0.1, 0.15) is 6.10 Å². The van der Waals surface area contributed by atoms with E-state index in [0.717, 1.165) is 6.26 Å². The van der Waals surface area contributed by atoms with Crippen LogP contribution in [0.3, 0.4) is 0 Å². The predicted molar refractivity (Wildman–Crippen MR) is 92.0 cm³/mol. The Morgan fingerprint density at radius 2 is 2.24 bits per heavy atom. The Hall–Kier alpha value is -1.16. The minimum atomic E-state index is -3.57. The maximum Gasteiger partial charge on any atom is 0.264 e. The molecule has 0 amide bonds. The number of aromatic nitrogens is 2. The molecule has 0 saturated carbocycles. The van der Waals surface area contributed by atoms with Gasteiger partial charge in [0.2, 0.25) is 5.79 Å². The summed E-state index contributed by atoms with van der Waals surface area (Å²) in [6.07, 6.45) is 5.44. The molecule has 1 aromatic heterocycles. The first kappa shape index (κ1) is 18.6. The number of halogens is 2. The molecule has 2 aromatic rings. The van der Waals surface area contributed by atoms with Crippen molar-refractivity contribution in [2.45, 2.75) is 18.4 Å². The minimum Gasteiger partial charge on any atom is -0.342 e. The van der Waals surface area contributed by atoms with Gasteiger partial charge in [-0.15, -0.1) is 0 Å². The molecule has 3 rings (SSSR count). The van der Waals surface area contributed by atoms with Gasteiger partial charge >= 0.3 is 0 Å². The lowest BCUT2D eigenvalue weighted by Gasteiger charge is -2.29. The molecule has 0 aliphatic carbocycles. The van der Waals surface area contributed by atoms with Crippen LogP contribution < -0.4 is 0 Å². The Bertz CT molecular complexity index is 844. The molecule has 1 saturated heterocycles. The van der Waals surface area contributed by atoms with Crippen LogP contribution in [0.15, 0.2) is 36.9 Å². The van der Waals surface area contributed by atoms with Gasteiger partial charge in [0.15, 0.2) is 0 Å². The summed E-state index contributed by atoms with van der Waals surface area (Å²) in [6, 6.07) is 5.01. The topological polar surface area (TPSA) is 79.7 Å². The van der Waals surface area contributed by atoms with Gasteiger partial charge in [-0.2, -0.15) is 8.42 Å². The number of hydrogen-bond donors (Lipinski definition) is 0. The van der Waals surface area contributed by atoms with Crippen molar-refractivity contribution >= 4 is 33.3 Å². The van der Waals surface area contributed by atoms with Gasteiger partial charge in [-0.05, 0) is 12.1 Å². The molecule has 1 aromatic carbocycles. The van der Waals surface area contributed by atoms with Gasteiger partial charge in [0.05, 0.1) is 37.4 Å².